The van der Waals surface area contributed by atoms with Gasteiger partial charge in [-0.15, -0.1) is 13.2 Å². The lowest BCUT2D eigenvalue weighted by Crippen LogP contribution is -2.26. The Morgan fingerprint density at radius 3 is 2.39 bits per heavy atom. The molecule has 0 aliphatic heterocycles. The van der Waals surface area contributed by atoms with E-state index in [9.17, 15) is 13.2 Å². The molecule has 1 fully saturated rings. The molecule has 0 N–H and O–H groups in total. The summed E-state index contributed by atoms with van der Waals surface area (Å²) in [6.45, 7) is 2.28. The summed E-state index contributed by atoms with van der Waals surface area (Å²) in [6.07, 6.45) is 5.04. The van der Waals surface area contributed by atoms with Crippen LogP contribution in [0.2, 0.25) is 0 Å². The van der Waals surface area contributed by atoms with Gasteiger partial charge in [0.05, 0.1) is 0 Å². The van der Waals surface area contributed by atoms with E-state index in [2.05, 4.69) is 11.7 Å². The lowest BCUT2D eigenvalue weighted by atomic mass is 9.69. The highest BCUT2D eigenvalue weighted by molar-refractivity contribution is 5.37. The smallest absolute Gasteiger partial charge is 0.406 e. The first-order valence-corrected chi connectivity index (χ1v) is 8.82. The van der Waals surface area contributed by atoms with Gasteiger partial charge in [0.25, 0.3) is 0 Å². The van der Waals surface area contributed by atoms with E-state index in [-0.39, 0.29) is 5.75 Å². The molecule has 0 radical (unpaired) electrons. The summed E-state index contributed by atoms with van der Waals surface area (Å²) in [7, 11) is 0. The topological polar surface area (TPSA) is 9.23 Å². The van der Waals surface area contributed by atoms with Gasteiger partial charge in [-0.3, -0.25) is 0 Å². The number of rotatable bonds is 3. The summed E-state index contributed by atoms with van der Waals surface area (Å²) in [5.74, 6) is 2.33. The van der Waals surface area contributed by atoms with E-state index < -0.39 is 6.36 Å². The highest BCUT2D eigenvalue weighted by Crippen LogP contribution is 2.41. The Bertz CT molecular complexity index is 530. The van der Waals surface area contributed by atoms with Crippen molar-refractivity contribution in [3.63, 3.8) is 0 Å². The van der Waals surface area contributed by atoms with Gasteiger partial charge in [0.2, 0.25) is 0 Å². The van der Waals surface area contributed by atoms with E-state index in [1.54, 1.807) is 6.07 Å². The van der Waals surface area contributed by atoms with Crippen molar-refractivity contribution in [1.82, 2.24) is 0 Å². The predicted molar refractivity (Wildman–Crippen MR) is 84.4 cm³/mol. The van der Waals surface area contributed by atoms with Crippen molar-refractivity contribution in [1.29, 1.82) is 0 Å². The average Bonchev–Trinajstić information content (AvgIpc) is 2.53. The zero-order chi connectivity index (χ0) is 16.4. The van der Waals surface area contributed by atoms with Crippen LogP contribution in [-0.2, 0) is 12.8 Å². The number of ether oxygens (including phenoxy) is 1. The van der Waals surface area contributed by atoms with Crippen LogP contribution >= 0.6 is 0 Å². The lowest BCUT2D eigenvalue weighted by Gasteiger charge is -2.36. The number of hydrogen-bond donors (Lipinski definition) is 0. The molecule has 1 aromatic rings. The Labute approximate surface area is 136 Å². The maximum Gasteiger partial charge on any atom is 0.573 e. The van der Waals surface area contributed by atoms with Gasteiger partial charge >= 0.3 is 6.36 Å². The minimum absolute atomic E-state index is 0.0850. The highest BCUT2D eigenvalue weighted by atomic mass is 19.4. The highest BCUT2D eigenvalue weighted by Gasteiger charge is 2.33. The molecule has 1 saturated carbocycles. The van der Waals surface area contributed by atoms with Gasteiger partial charge < -0.3 is 4.74 Å². The van der Waals surface area contributed by atoms with Crippen LogP contribution in [0.1, 0.15) is 56.6 Å². The first-order chi connectivity index (χ1) is 10.9. The van der Waals surface area contributed by atoms with Gasteiger partial charge in [0.1, 0.15) is 5.75 Å². The van der Waals surface area contributed by atoms with E-state index in [0.29, 0.717) is 5.92 Å². The standard InChI is InChI=1S/C19H25F3O/c1-2-13-3-5-14(6-4-13)15-7-8-17-12-18(23-19(20,21)22)10-9-16(17)11-15/h9-10,12-15H,2-8,11H2,1H3. The molecule has 0 saturated heterocycles. The molecule has 1 atom stereocenters. The fourth-order valence-electron chi connectivity index (χ4n) is 4.43. The molecular weight excluding hydrogens is 301 g/mol. The van der Waals surface area contributed by atoms with Gasteiger partial charge in [-0.25, -0.2) is 0 Å². The second-order valence-electron chi connectivity index (χ2n) is 7.17. The Kier molecular flexibility index (Phi) is 4.88. The van der Waals surface area contributed by atoms with Crippen LogP contribution in [0.15, 0.2) is 18.2 Å². The number of hydrogen-bond acceptors (Lipinski definition) is 1. The number of benzene rings is 1. The molecule has 23 heavy (non-hydrogen) atoms. The number of alkyl halides is 3. The van der Waals surface area contributed by atoms with Crippen LogP contribution in [0.25, 0.3) is 0 Å². The molecule has 0 aromatic heterocycles. The van der Waals surface area contributed by atoms with E-state index in [1.165, 1.54) is 43.7 Å². The summed E-state index contributed by atoms with van der Waals surface area (Å²) >= 11 is 0. The third-order valence-corrected chi connectivity index (χ3v) is 5.81. The lowest BCUT2D eigenvalue weighted by molar-refractivity contribution is -0.274. The van der Waals surface area contributed by atoms with Crippen molar-refractivity contribution < 1.29 is 17.9 Å². The van der Waals surface area contributed by atoms with Gasteiger partial charge in [-0.2, -0.15) is 0 Å². The average molecular weight is 326 g/mol. The zero-order valence-corrected chi connectivity index (χ0v) is 13.7. The second kappa shape index (κ2) is 6.74. The molecule has 0 heterocycles. The fourth-order valence-corrected chi connectivity index (χ4v) is 4.43. The third-order valence-electron chi connectivity index (χ3n) is 5.81. The van der Waals surface area contributed by atoms with Gasteiger partial charge in [0, 0.05) is 0 Å². The van der Waals surface area contributed by atoms with Crippen LogP contribution in [0, 0.1) is 17.8 Å². The van der Waals surface area contributed by atoms with Gasteiger partial charge in [0.15, 0.2) is 0 Å². The molecule has 1 unspecified atom stereocenters. The summed E-state index contributed by atoms with van der Waals surface area (Å²) < 4.78 is 41.0. The quantitative estimate of drug-likeness (QED) is 0.671. The molecule has 1 nitrogen and oxygen atoms in total. The SMILES string of the molecule is CCC1CCC(C2CCc3cc(OC(F)(F)F)ccc3C2)CC1. The molecule has 0 spiro atoms. The monoisotopic (exact) mass is 326 g/mol. The molecule has 0 amide bonds. The van der Waals surface area contributed by atoms with Crippen molar-refractivity contribution in [2.75, 3.05) is 0 Å². The van der Waals surface area contributed by atoms with Crippen LogP contribution < -0.4 is 4.74 Å². The van der Waals surface area contributed by atoms with E-state index in [0.717, 1.165) is 36.7 Å². The number of fused-ring (bicyclic) bond motifs is 1. The first-order valence-electron chi connectivity index (χ1n) is 8.82. The van der Waals surface area contributed by atoms with E-state index >= 15 is 0 Å². The van der Waals surface area contributed by atoms with E-state index in [4.69, 9.17) is 0 Å². The van der Waals surface area contributed by atoms with E-state index in [1.807, 2.05) is 6.07 Å². The molecule has 0 bridgehead atoms. The molecule has 3 rings (SSSR count). The molecule has 1 aromatic carbocycles. The largest absolute Gasteiger partial charge is 0.573 e. The summed E-state index contributed by atoms with van der Waals surface area (Å²) in [5.41, 5.74) is 2.25. The normalized spacial score (nSPS) is 28.3. The van der Waals surface area contributed by atoms with Crippen LogP contribution in [0.5, 0.6) is 5.75 Å². The van der Waals surface area contributed by atoms with Gasteiger partial charge in [-0.1, -0.05) is 32.3 Å². The second-order valence-corrected chi connectivity index (χ2v) is 7.17. The maximum atomic E-state index is 12.3. The molecule has 4 heteroatoms. The number of aryl methyl sites for hydroxylation is 1. The van der Waals surface area contributed by atoms with Crippen LogP contribution in [0.3, 0.4) is 0 Å². The minimum Gasteiger partial charge on any atom is -0.406 e. The van der Waals surface area contributed by atoms with Crippen molar-refractivity contribution in [2.45, 2.75) is 64.7 Å². The fraction of sp³-hybridized carbons (Fsp3) is 0.684. The molecule has 128 valence electrons. The molecule has 2 aliphatic rings. The Hall–Kier alpha value is -1.19. The number of halogens is 3. The summed E-state index contributed by atoms with van der Waals surface area (Å²) in [5, 5.41) is 0. The predicted octanol–water partition coefficient (Wildman–Crippen LogP) is 5.91. The minimum atomic E-state index is -4.61. The van der Waals surface area contributed by atoms with Crippen molar-refractivity contribution in [3.05, 3.63) is 29.3 Å². The Morgan fingerprint density at radius 1 is 1.00 bits per heavy atom. The van der Waals surface area contributed by atoms with Gasteiger partial charge in [-0.05, 0) is 73.1 Å². The van der Waals surface area contributed by atoms with Crippen molar-refractivity contribution >= 4 is 0 Å². The Morgan fingerprint density at radius 2 is 1.74 bits per heavy atom. The van der Waals surface area contributed by atoms with Crippen LogP contribution in [-0.4, -0.2) is 6.36 Å². The molecular formula is C19H25F3O. The van der Waals surface area contributed by atoms with Crippen molar-refractivity contribution in [2.24, 2.45) is 17.8 Å². The summed E-state index contributed by atoms with van der Waals surface area (Å²) in [6, 6.07) is 4.87. The molecule has 2 aliphatic carbocycles. The van der Waals surface area contributed by atoms with Crippen molar-refractivity contribution in [3.8, 4) is 5.75 Å². The summed E-state index contributed by atoms with van der Waals surface area (Å²) in [4.78, 5) is 0. The Balaban J connectivity index is 1.63. The zero-order valence-electron chi connectivity index (χ0n) is 13.7. The van der Waals surface area contributed by atoms with Crippen LogP contribution in [0.4, 0.5) is 13.2 Å². The third kappa shape index (κ3) is 4.21. The first kappa shape index (κ1) is 16.7. The maximum absolute atomic E-state index is 12.3.